The third-order valence-corrected chi connectivity index (χ3v) is 5.89. The summed E-state index contributed by atoms with van der Waals surface area (Å²) in [5, 5.41) is 11.0. The highest BCUT2D eigenvalue weighted by Gasteiger charge is 2.36. The molecule has 1 aromatic carbocycles. The van der Waals surface area contributed by atoms with Crippen LogP contribution < -0.4 is 15.6 Å². The van der Waals surface area contributed by atoms with E-state index >= 15 is 0 Å². The van der Waals surface area contributed by atoms with Gasteiger partial charge in [0, 0.05) is 38.0 Å². The first kappa shape index (κ1) is 18.8. The van der Waals surface area contributed by atoms with Crippen LogP contribution >= 0.6 is 0 Å². The van der Waals surface area contributed by atoms with Crippen LogP contribution in [0.5, 0.6) is 5.75 Å². The second kappa shape index (κ2) is 8.66. The topological polar surface area (TPSA) is 97.2 Å². The van der Waals surface area contributed by atoms with Gasteiger partial charge in [0.1, 0.15) is 12.1 Å². The number of methoxy groups -OCH3 is 1. The van der Waals surface area contributed by atoms with E-state index in [1.54, 1.807) is 11.8 Å². The van der Waals surface area contributed by atoms with Gasteiger partial charge in [-0.15, -0.1) is 5.10 Å². The number of hydrogen-bond donors (Lipinski definition) is 2. The van der Waals surface area contributed by atoms with E-state index in [2.05, 4.69) is 44.6 Å². The molecule has 2 N–H and O–H groups in total. The fraction of sp³-hybridized carbons (Fsp3) is 0.579. The fourth-order valence-corrected chi connectivity index (χ4v) is 4.32. The highest BCUT2D eigenvalue weighted by molar-refractivity contribution is 5.76. The van der Waals surface area contributed by atoms with Crippen LogP contribution in [0.15, 0.2) is 30.6 Å². The van der Waals surface area contributed by atoms with Gasteiger partial charge in [-0.25, -0.2) is 4.68 Å². The minimum Gasteiger partial charge on any atom is -0.497 e. The Hall–Kier alpha value is -2.52. The lowest BCUT2D eigenvalue weighted by Gasteiger charge is -2.36. The van der Waals surface area contributed by atoms with Crippen LogP contribution in [0.1, 0.15) is 30.7 Å². The van der Waals surface area contributed by atoms with Crippen LogP contribution in [0.25, 0.3) is 0 Å². The van der Waals surface area contributed by atoms with Gasteiger partial charge < -0.3 is 9.64 Å². The minimum atomic E-state index is 0.177. The highest BCUT2D eigenvalue weighted by atomic mass is 16.5. The molecule has 2 saturated heterocycles. The second-order valence-electron chi connectivity index (χ2n) is 7.48. The second-order valence-corrected chi connectivity index (χ2v) is 7.48. The lowest BCUT2D eigenvalue weighted by molar-refractivity contribution is -0.133. The molecule has 2 aliphatic rings. The van der Waals surface area contributed by atoms with Gasteiger partial charge >= 0.3 is 0 Å². The maximum absolute atomic E-state index is 12.5. The average molecular weight is 385 g/mol. The summed E-state index contributed by atoms with van der Waals surface area (Å²) in [6.45, 7) is 3.05. The summed E-state index contributed by atoms with van der Waals surface area (Å²) in [6, 6.07) is 8.70. The van der Waals surface area contributed by atoms with Crippen LogP contribution in [0.4, 0.5) is 0 Å². The monoisotopic (exact) mass is 385 g/mol. The van der Waals surface area contributed by atoms with Crippen LogP contribution in [-0.2, 0) is 11.3 Å². The molecule has 4 rings (SSSR count). The third-order valence-electron chi connectivity index (χ3n) is 5.89. The number of nitrogens with zero attached hydrogens (tertiary/aromatic N) is 5. The van der Waals surface area contributed by atoms with Crippen molar-refractivity contribution >= 4 is 5.91 Å². The molecule has 1 amide bonds. The number of likely N-dealkylation sites (tertiary alicyclic amines) is 1. The molecule has 2 aromatic rings. The van der Waals surface area contributed by atoms with Crippen molar-refractivity contribution in [2.24, 2.45) is 5.92 Å². The number of ether oxygens (including phenoxy) is 1. The molecule has 28 heavy (non-hydrogen) atoms. The van der Waals surface area contributed by atoms with Crippen molar-refractivity contribution < 1.29 is 9.53 Å². The largest absolute Gasteiger partial charge is 0.497 e. The van der Waals surface area contributed by atoms with Gasteiger partial charge in [-0.3, -0.25) is 15.6 Å². The lowest BCUT2D eigenvalue weighted by Crippen LogP contribution is -2.46. The molecule has 0 bridgehead atoms. The predicted molar refractivity (Wildman–Crippen MR) is 102 cm³/mol. The van der Waals surface area contributed by atoms with Crippen molar-refractivity contribution in [1.82, 2.24) is 36.0 Å². The summed E-state index contributed by atoms with van der Waals surface area (Å²) in [7, 11) is 1.70. The lowest BCUT2D eigenvalue weighted by atomic mass is 9.80. The molecule has 0 saturated carbocycles. The Bertz CT molecular complexity index is 774. The molecule has 2 aliphatic heterocycles. The van der Waals surface area contributed by atoms with Crippen LogP contribution in [0, 0.1) is 5.92 Å². The summed E-state index contributed by atoms with van der Waals surface area (Å²) in [6.07, 6.45) is 4.00. The van der Waals surface area contributed by atoms with Crippen LogP contribution in [0.2, 0.25) is 0 Å². The third kappa shape index (κ3) is 4.15. The molecular formula is C19H27N7O2. The number of aryl methyl sites for hydroxylation is 1. The van der Waals surface area contributed by atoms with Crippen molar-refractivity contribution in [3.63, 3.8) is 0 Å². The zero-order valence-electron chi connectivity index (χ0n) is 16.1. The number of rotatable bonds is 6. The molecule has 0 spiro atoms. The number of benzene rings is 1. The first-order valence-electron chi connectivity index (χ1n) is 9.85. The molecule has 0 aliphatic carbocycles. The van der Waals surface area contributed by atoms with Crippen LogP contribution in [0.3, 0.4) is 0 Å². The van der Waals surface area contributed by atoms with E-state index in [-0.39, 0.29) is 5.91 Å². The maximum Gasteiger partial charge on any atom is 0.224 e. The van der Waals surface area contributed by atoms with E-state index in [4.69, 9.17) is 4.74 Å². The van der Waals surface area contributed by atoms with Crippen molar-refractivity contribution in [3.05, 3.63) is 36.2 Å². The zero-order chi connectivity index (χ0) is 19.3. The van der Waals surface area contributed by atoms with Crippen molar-refractivity contribution in [2.75, 3.05) is 26.7 Å². The molecule has 2 fully saturated rings. The number of hydrogen-bond acceptors (Lipinski definition) is 7. The van der Waals surface area contributed by atoms with Crippen molar-refractivity contribution in [2.45, 2.75) is 37.8 Å². The number of nitrogens with one attached hydrogen (secondary N) is 2. The summed E-state index contributed by atoms with van der Waals surface area (Å²) in [4.78, 5) is 14.5. The number of carbonyl (C=O) groups is 1. The van der Waals surface area contributed by atoms with Gasteiger partial charge in [-0.2, -0.15) is 0 Å². The Balaban J connectivity index is 1.31. The van der Waals surface area contributed by atoms with Crippen LogP contribution in [-0.4, -0.2) is 63.8 Å². The summed E-state index contributed by atoms with van der Waals surface area (Å²) in [5.74, 6) is 2.01. The van der Waals surface area contributed by atoms with E-state index in [1.165, 1.54) is 11.9 Å². The molecule has 9 nitrogen and oxygen atoms in total. The molecule has 1 aromatic heterocycles. The molecular weight excluding hydrogens is 358 g/mol. The van der Waals surface area contributed by atoms with E-state index in [9.17, 15) is 4.79 Å². The number of piperidine rings is 1. The van der Waals surface area contributed by atoms with E-state index < -0.39 is 0 Å². The van der Waals surface area contributed by atoms with Gasteiger partial charge in [0.15, 0.2) is 0 Å². The Morgan fingerprint density at radius 3 is 2.93 bits per heavy atom. The first-order chi connectivity index (χ1) is 13.7. The van der Waals surface area contributed by atoms with Crippen molar-refractivity contribution in [3.8, 4) is 5.75 Å². The number of tetrazole rings is 1. The smallest absolute Gasteiger partial charge is 0.224 e. The standard InChI is InChI=1S/C19H27N7O2/c1-28-16-4-2-3-15(11-16)17-12-20-22-19(17)14-5-8-25(9-6-14)18(27)7-10-26-13-21-23-24-26/h2-4,11,13-14,17,19-20,22H,5-10,12H2,1H3. The molecule has 0 radical (unpaired) electrons. The summed E-state index contributed by atoms with van der Waals surface area (Å²) in [5.41, 5.74) is 8.11. The summed E-state index contributed by atoms with van der Waals surface area (Å²) >= 11 is 0. The zero-order valence-corrected chi connectivity index (χ0v) is 16.1. The van der Waals surface area contributed by atoms with Gasteiger partial charge in [0.05, 0.1) is 13.7 Å². The first-order valence-corrected chi connectivity index (χ1v) is 9.85. The molecule has 2 unspecified atom stereocenters. The highest BCUT2D eigenvalue weighted by Crippen LogP contribution is 2.33. The van der Waals surface area contributed by atoms with Gasteiger partial charge in [-0.1, -0.05) is 12.1 Å². The molecule has 3 heterocycles. The minimum absolute atomic E-state index is 0.177. The average Bonchev–Trinajstić information content (AvgIpc) is 3.44. The van der Waals surface area contributed by atoms with Gasteiger partial charge in [0.25, 0.3) is 0 Å². The van der Waals surface area contributed by atoms with Gasteiger partial charge in [-0.05, 0) is 46.9 Å². The fourth-order valence-electron chi connectivity index (χ4n) is 4.32. The predicted octanol–water partition coefficient (Wildman–Crippen LogP) is 0.571. The van der Waals surface area contributed by atoms with E-state index in [0.29, 0.717) is 30.8 Å². The quantitative estimate of drug-likeness (QED) is 0.750. The van der Waals surface area contributed by atoms with Gasteiger partial charge in [0.2, 0.25) is 5.91 Å². The molecule has 2 atom stereocenters. The number of hydrazine groups is 1. The van der Waals surface area contributed by atoms with Crippen molar-refractivity contribution in [1.29, 1.82) is 0 Å². The normalized spacial score (nSPS) is 23.1. The number of aromatic nitrogens is 4. The maximum atomic E-state index is 12.5. The SMILES string of the molecule is COc1cccc(C2CNNC2C2CCN(C(=O)CCn3cnnn3)CC2)c1. The molecule has 9 heteroatoms. The van der Waals surface area contributed by atoms with E-state index in [0.717, 1.165) is 38.2 Å². The Morgan fingerprint density at radius 1 is 1.32 bits per heavy atom. The summed E-state index contributed by atoms with van der Waals surface area (Å²) < 4.78 is 6.98. The number of carbonyl (C=O) groups excluding carboxylic acids is 1. The molecule has 150 valence electrons. The van der Waals surface area contributed by atoms with E-state index in [1.807, 2.05) is 11.0 Å². The Labute approximate surface area is 164 Å². The Morgan fingerprint density at radius 2 is 2.18 bits per heavy atom. The number of amides is 1. The Kier molecular flexibility index (Phi) is 5.82.